The molecule has 13 heteroatoms. The Morgan fingerprint density at radius 3 is 2.39 bits per heavy atom. The van der Waals surface area contributed by atoms with E-state index in [9.17, 15) is 13.2 Å². The molecule has 0 aromatic carbocycles. The molecule has 0 radical (unpaired) electrons. The van der Waals surface area contributed by atoms with Gasteiger partial charge in [0.1, 0.15) is 11.3 Å². The fourth-order valence-electron chi connectivity index (χ4n) is 5.46. The Labute approximate surface area is 218 Å². The topological polar surface area (TPSA) is 97.3 Å². The first kappa shape index (κ1) is 25.3. The van der Waals surface area contributed by atoms with Crippen molar-refractivity contribution in [3.8, 4) is 11.4 Å². The van der Waals surface area contributed by atoms with Gasteiger partial charge in [0.15, 0.2) is 11.6 Å². The molecule has 6 rings (SSSR count). The van der Waals surface area contributed by atoms with Crippen LogP contribution >= 0.6 is 0 Å². The average molecular weight is 533 g/mol. The van der Waals surface area contributed by atoms with Gasteiger partial charge in [0.05, 0.1) is 37.6 Å². The molecule has 3 aromatic heterocycles. The van der Waals surface area contributed by atoms with Gasteiger partial charge in [-0.05, 0) is 24.6 Å². The lowest BCUT2D eigenvalue weighted by atomic mass is 10.1. The monoisotopic (exact) mass is 532 g/mol. The van der Waals surface area contributed by atoms with Gasteiger partial charge < -0.3 is 20.1 Å². The number of hydrogen-bond donors (Lipinski definition) is 1. The number of morpholine rings is 2. The highest BCUT2D eigenvalue weighted by atomic mass is 19.4. The zero-order valence-electron chi connectivity index (χ0n) is 21.2. The number of likely N-dealkylation sites (tertiary alicyclic amines) is 1. The molecule has 38 heavy (non-hydrogen) atoms. The molecular weight excluding hydrogens is 501 g/mol. The quantitative estimate of drug-likeness (QED) is 0.530. The summed E-state index contributed by atoms with van der Waals surface area (Å²) < 4.78 is 54.5. The molecule has 0 saturated carbocycles. The maximum atomic E-state index is 13.9. The molecule has 2 N–H and O–H groups in total. The van der Waals surface area contributed by atoms with Crippen molar-refractivity contribution in [3.63, 3.8) is 0 Å². The minimum Gasteiger partial charge on any atom is -0.384 e. The van der Waals surface area contributed by atoms with Crippen molar-refractivity contribution in [2.75, 3.05) is 76.3 Å². The van der Waals surface area contributed by atoms with E-state index in [1.165, 1.54) is 0 Å². The lowest BCUT2D eigenvalue weighted by molar-refractivity contribution is -0.137. The van der Waals surface area contributed by atoms with Crippen LogP contribution in [0.1, 0.15) is 16.8 Å². The third-order valence-corrected chi connectivity index (χ3v) is 7.63. The molecular formula is C25H31F3N8O2. The number of nitrogens with two attached hydrogens (primary N) is 1. The van der Waals surface area contributed by atoms with Gasteiger partial charge in [0, 0.05) is 63.7 Å². The number of halogens is 3. The molecule has 0 unspecified atom stereocenters. The van der Waals surface area contributed by atoms with Gasteiger partial charge in [-0.25, -0.2) is 14.5 Å². The van der Waals surface area contributed by atoms with Crippen molar-refractivity contribution in [2.24, 2.45) is 0 Å². The summed E-state index contributed by atoms with van der Waals surface area (Å²) in [6.45, 7) is 10.4. The number of alkyl halides is 3. The molecule has 6 heterocycles. The van der Waals surface area contributed by atoms with Gasteiger partial charge in [-0.3, -0.25) is 9.80 Å². The molecule has 204 valence electrons. The van der Waals surface area contributed by atoms with Crippen LogP contribution in [-0.2, 0) is 22.2 Å². The highest BCUT2D eigenvalue weighted by Gasteiger charge is 2.36. The molecule has 0 spiro atoms. The SMILES string of the molecule is Cc1c(CN2CC(N3CCOCC3)C2)cc2c(N3CCOCC3)nc(-c3cnc(N)cc3C(F)(F)F)nn12. The molecule has 3 aliphatic heterocycles. The molecule has 3 saturated heterocycles. The van der Waals surface area contributed by atoms with E-state index in [0.717, 1.165) is 75.0 Å². The zero-order chi connectivity index (χ0) is 26.4. The van der Waals surface area contributed by atoms with Crippen LogP contribution in [0.15, 0.2) is 18.3 Å². The number of aromatic nitrogens is 4. The van der Waals surface area contributed by atoms with Crippen LogP contribution in [0.25, 0.3) is 16.9 Å². The van der Waals surface area contributed by atoms with Crippen molar-refractivity contribution in [1.29, 1.82) is 0 Å². The Balaban J connectivity index is 1.36. The van der Waals surface area contributed by atoms with E-state index >= 15 is 0 Å². The molecule has 3 aromatic rings. The Morgan fingerprint density at radius 2 is 1.71 bits per heavy atom. The number of aryl methyl sites for hydroxylation is 1. The van der Waals surface area contributed by atoms with Crippen LogP contribution in [0.3, 0.4) is 0 Å². The number of hydrogen-bond acceptors (Lipinski definition) is 9. The van der Waals surface area contributed by atoms with Crippen molar-refractivity contribution in [1.82, 2.24) is 29.4 Å². The first-order valence-corrected chi connectivity index (χ1v) is 12.9. The number of rotatable bonds is 5. The van der Waals surface area contributed by atoms with Gasteiger partial charge in [0.2, 0.25) is 0 Å². The fourth-order valence-corrected chi connectivity index (χ4v) is 5.46. The van der Waals surface area contributed by atoms with Crippen LogP contribution in [-0.4, -0.2) is 101 Å². The zero-order valence-corrected chi connectivity index (χ0v) is 21.2. The summed E-state index contributed by atoms with van der Waals surface area (Å²) in [6, 6.07) is 3.43. The van der Waals surface area contributed by atoms with E-state index < -0.39 is 11.7 Å². The Morgan fingerprint density at radius 1 is 1.03 bits per heavy atom. The Bertz CT molecular complexity index is 1310. The van der Waals surface area contributed by atoms with Crippen LogP contribution in [0.4, 0.5) is 24.8 Å². The lowest BCUT2D eigenvalue weighted by Crippen LogP contribution is -2.60. The maximum Gasteiger partial charge on any atom is 0.417 e. The fraction of sp³-hybridized carbons (Fsp3) is 0.560. The van der Waals surface area contributed by atoms with Crippen LogP contribution in [0, 0.1) is 6.92 Å². The molecule has 3 fully saturated rings. The standard InChI is InChI=1S/C25H31F3N8O2/c1-16-17(13-33-14-18(15-33)34-2-6-37-7-3-34)10-21-24(35-4-8-38-9-5-35)31-23(32-36(16)21)19-12-30-22(29)11-20(19)25(26,27)28/h10-12,18H,2-9,13-15H2,1H3,(H2,29,30). The third-order valence-electron chi connectivity index (χ3n) is 7.63. The van der Waals surface area contributed by atoms with Crippen LogP contribution < -0.4 is 10.6 Å². The summed E-state index contributed by atoms with van der Waals surface area (Å²) >= 11 is 0. The second-order valence-corrected chi connectivity index (χ2v) is 10.1. The molecule has 0 atom stereocenters. The van der Waals surface area contributed by atoms with Gasteiger partial charge in [-0.2, -0.15) is 13.2 Å². The summed E-state index contributed by atoms with van der Waals surface area (Å²) in [5.41, 5.74) is 7.22. The predicted octanol–water partition coefficient (Wildman–Crippen LogP) is 2.05. The Kier molecular flexibility index (Phi) is 6.62. The molecule has 10 nitrogen and oxygen atoms in total. The van der Waals surface area contributed by atoms with E-state index in [4.69, 9.17) is 15.2 Å². The number of nitrogen functional groups attached to an aromatic ring is 1. The van der Waals surface area contributed by atoms with Crippen LogP contribution in [0.2, 0.25) is 0 Å². The minimum atomic E-state index is -4.63. The summed E-state index contributed by atoms with van der Waals surface area (Å²) in [7, 11) is 0. The van der Waals surface area contributed by atoms with E-state index in [0.29, 0.717) is 38.2 Å². The maximum absolute atomic E-state index is 13.9. The first-order valence-electron chi connectivity index (χ1n) is 12.9. The molecule has 3 aliphatic rings. The summed E-state index contributed by atoms with van der Waals surface area (Å²) in [5.74, 6) is 0.340. The van der Waals surface area contributed by atoms with Gasteiger partial charge in [-0.1, -0.05) is 0 Å². The summed E-state index contributed by atoms with van der Waals surface area (Å²) in [6.07, 6.45) is -3.52. The number of ether oxygens (including phenoxy) is 2. The van der Waals surface area contributed by atoms with Crippen LogP contribution in [0.5, 0.6) is 0 Å². The number of pyridine rings is 1. The molecule has 0 bridgehead atoms. The Hall–Kier alpha value is -3.00. The van der Waals surface area contributed by atoms with Crippen molar-refractivity contribution >= 4 is 17.2 Å². The number of fused-ring (bicyclic) bond motifs is 1. The highest BCUT2D eigenvalue weighted by Crippen LogP contribution is 2.38. The normalized spacial score (nSPS) is 20.3. The predicted molar refractivity (Wildman–Crippen MR) is 135 cm³/mol. The largest absolute Gasteiger partial charge is 0.417 e. The second kappa shape index (κ2) is 9.95. The van der Waals surface area contributed by atoms with Crippen molar-refractivity contribution in [3.05, 3.63) is 35.2 Å². The average Bonchev–Trinajstić information content (AvgIpc) is 3.21. The first-order chi connectivity index (χ1) is 18.3. The van der Waals surface area contributed by atoms with E-state index in [1.807, 2.05) is 11.8 Å². The highest BCUT2D eigenvalue weighted by molar-refractivity contribution is 5.74. The lowest BCUT2D eigenvalue weighted by Gasteiger charge is -2.46. The van der Waals surface area contributed by atoms with E-state index in [-0.39, 0.29) is 17.2 Å². The molecule has 0 aliphatic carbocycles. The summed E-state index contributed by atoms with van der Waals surface area (Å²) in [5, 5.41) is 4.59. The van der Waals surface area contributed by atoms with Gasteiger partial charge in [0.25, 0.3) is 0 Å². The van der Waals surface area contributed by atoms with Crippen molar-refractivity contribution in [2.45, 2.75) is 25.7 Å². The van der Waals surface area contributed by atoms with Crippen molar-refractivity contribution < 1.29 is 22.6 Å². The second-order valence-electron chi connectivity index (χ2n) is 10.1. The van der Waals surface area contributed by atoms with Gasteiger partial charge in [-0.15, -0.1) is 5.10 Å². The van der Waals surface area contributed by atoms with E-state index in [2.05, 4.69) is 30.9 Å². The summed E-state index contributed by atoms with van der Waals surface area (Å²) in [4.78, 5) is 15.5. The minimum absolute atomic E-state index is 0.0413. The number of nitrogens with zero attached hydrogens (tertiary/aromatic N) is 7. The van der Waals surface area contributed by atoms with Gasteiger partial charge >= 0.3 is 6.18 Å². The third kappa shape index (κ3) is 4.79. The number of anilines is 2. The smallest absolute Gasteiger partial charge is 0.384 e. The molecule has 0 amide bonds. The van der Waals surface area contributed by atoms with E-state index in [1.54, 1.807) is 4.52 Å².